The third-order valence-electron chi connectivity index (χ3n) is 3.94. The lowest BCUT2D eigenvalue weighted by atomic mass is 9.86. The van der Waals surface area contributed by atoms with E-state index in [1.807, 2.05) is 18.2 Å². The fourth-order valence-electron chi connectivity index (χ4n) is 2.63. The Hall–Kier alpha value is -2.17. The average Bonchev–Trinajstić information content (AvgIpc) is 2.80. The highest BCUT2D eigenvalue weighted by molar-refractivity contribution is 6.02. The molecule has 1 saturated heterocycles. The molecule has 0 radical (unpaired) electrons. The van der Waals surface area contributed by atoms with Gasteiger partial charge in [0, 0.05) is 11.8 Å². The molecule has 1 aromatic heterocycles. The number of fused-ring (bicyclic) bond motifs is 1. The van der Waals surface area contributed by atoms with Crippen LogP contribution in [0.15, 0.2) is 22.7 Å². The molecule has 0 spiro atoms. The Morgan fingerprint density at radius 2 is 2.05 bits per heavy atom. The summed E-state index contributed by atoms with van der Waals surface area (Å²) in [6.07, 6.45) is 0.818. The number of piperidine rings is 1. The standard InChI is InChI=1S/C16H18N2O3/c1-16(2,3)9-4-5-10-12(8-9)21-18-14(10)11-6-7-13(19)17-15(11)20/h4-5,8,11H,6-7H2,1-3H3,(H,17,19,20). The highest BCUT2D eigenvalue weighted by Crippen LogP contribution is 2.33. The van der Waals surface area contributed by atoms with Crippen LogP contribution in [0.4, 0.5) is 0 Å². The van der Waals surface area contributed by atoms with Crippen molar-refractivity contribution in [1.29, 1.82) is 0 Å². The molecule has 1 fully saturated rings. The fraction of sp³-hybridized carbons (Fsp3) is 0.438. The number of aromatic nitrogens is 1. The van der Waals surface area contributed by atoms with E-state index in [-0.39, 0.29) is 17.2 Å². The minimum absolute atomic E-state index is 0.0236. The summed E-state index contributed by atoms with van der Waals surface area (Å²) in [5.41, 5.74) is 2.48. The van der Waals surface area contributed by atoms with Gasteiger partial charge in [-0.05, 0) is 29.5 Å². The third-order valence-corrected chi connectivity index (χ3v) is 3.94. The van der Waals surface area contributed by atoms with Crippen LogP contribution in [-0.2, 0) is 15.0 Å². The van der Waals surface area contributed by atoms with Crippen molar-refractivity contribution in [2.75, 3.05) is 0 Å². The zero-order valence-corrected chi connectivity index (χ0v) is 12.4. The van der Waals surface area contributed by atoms with Crippen molar-refractivity contribution in [2.45, 2.75) is 44.9 Å². The molecular formula is C16H18N2O3. The van der Waals surface area contributed by atoms with E-state index >= 15 is 0 Å². The predicted molar refractivity (Wildman–Crippen MR) is 77.8 cm³/mol. The van der Waals surface area contributed by atoms with Gasteiger partial charge in [0.25, 0.3) is 0 Å². The number of amides is 2. The maximum Gasteiger partial charge on any atom is 0.235 e. The Morgan fingerprint density at radius 1 is 1.29 bits per heavy atom. The van der Waals surface area contributed by atoms with E-state index in [0.717, 1.165) is 10.9 Å². The lowest BCUT2D eigenvalue weighted by molar-refractivity contribution is -0.134. The van der Waals surface area contributed by atoms with Gasteiger partial charge in [-0.2, -0.15) is 0 Å². The van der Waals surface area contributed by atoms with Gasteiger partial charge in [-0.3, -0.25) is 14.9 Å². The Kier molecular flexibility index (Phi) is 3.08. The number of carbonyl (C=O) groups excluding carboxylic acids is 2. The van der Waals surface area contributed by atoms with Crippen LogP contribution in [0, 0.1) is 0 Å². The molecule has 2 aromatic rings. The molecular weight excluding hydrogens is 268 g/mol. The average molecular weight is 286 g/mol. The molecule has 1 atom stereocenters. The van der Waals surface area contributed by atoms with Crippen LogP contribution >= 0.6 is 0 Å². The summed E-state index contributed by atoms with van der Waals surface area (Å²) in [6, 6.07) is 5.96. The van der Waals surface area contributed by atoms with Crippen LogP contribution in [0.25, 0.3) is 11.0 Å². The summed E-state index contributed by atoms with van der Waals surface area (Å²) in [5, 5.41) is 7.27. The van der Waals surface area contributed by atoms with Crippen LogP contribution in [0.2, 0.25) is 0 Å². The van der Waals surface area contributed by atoms with Crippen molar-refractivity contribution < 1.29 is 14.1 Å². The van der Waals surface area contributed by atoms with Gasteiger partial charge in [-0.15, -0.1) is 0 Å². The molecule has 1 unspecified atom stereocenters. The van der Waals surface area contributed by atoms with E-state index < -0.39 is 5.92 Å². The zero-order valence-electron chi connectivity index (χ0n) is 12.4. The number of rotatable bonds is 1. The van der Waals surface area contributed by atoms with Crippen molar-refractivity contribution >= 4 is 22.8 Å². The Balaban J connectivity index is 2.01. The largest absolute Gasteiger partial charge is 0.356 e. The van der Waals surface area contributed by atoms with Crippen LogP contribution in [0.1, 0.15) is 50.8 Å². The first-order valence-corrected chi connectivity index (χ1v) is 7.10. The molecule has 2 amide bonds. The molecule has 5 heteroatoms. The molecule has 3 rings (SSSR count). The minimum Gasteiger partial charge on any atom is -0.356 e. The summed E-state index contributed by atoms with van der Waals surface area (Å²) < 4.78 is 5.40. The van der Waals surface area contributed by atoms with Gasteiger partial charge in [0.2, 0.25) is 11.8 Å². The Bertz CT molecular complexity index is 725. The molecule has 21 heavy (non-hydrogen) atoms. The number of benzene rings is 1. The SMILES string of the molecule is CC(C)(C)c1ccc2c(C3CCC(=O)NC3=O)noc2c1. The zero-order chi connectivity index (χ0) is 15.2. The maximum absolute atomic E-state index is 12.0. The molecule has 1 aliphatic rings. The first kappa shape index (κ1) is 13.8. The fourth-order valence-corrected chi connectivity index (χ4v) is 2.63. The van der Waals surface area contributed by atoms with Gasteiger partial charge >= 0.3 is 0 Å². The molecule has 2 heterocycles. The van der Waals surface area contributed by atoms with E-state index in [1.54, 1.807) is 0 Å². The van der Waals surface area contributed by atoms with Gasteiger partial charge < -0.3 is 4.52 Å². The topological polar surface area (TPSA) is 72.2 Å². The van der Waals surface area contributed by atoms with Crippen molar-refractivity contribution in [3.8, 4) is 0 Å². The Morgan fingerprint density at radius 3 is 2.71 bits per heavy atom. The second-order valence-corrected chi connectivity index (χ2v) is 6.53. The number of nitrogens with zero attached hydrogens (tertiary/aromatic N) is 1. The molecule has 1 aliphatic heterocycles. The molecule has 0 saturated carbocycles. The monoisotopic (exact) mass is 286 g/mol. The van der Waals surface area contributed by atoms with E-state index in [2.05, 4.69) is 31.2 Å². The highest BCUT2D eigenvalue weighted by atomic mass is 16.5. The summed E-state index contributed by atoms with van der Waals surface area (Å²) >= 11 is 0. The number of hydrogen-bond donors (Lipinski definition) is 1. The summed E-state index contributed by atoms with van der Waals surface area (Å²) in [6.45, 7) is 6.39. The second-order valence-electron chi connectivity index (χ2n) is 6.53. The first-order valence-electron chi connectivity index (χ1n) is 7.10. The number of hydrogen-bond acceptors (Lipinski definition) is 4. The first-order chi connectivity index (χ1) is 9.86. The lowest BCUT2D eigenvalue weighted by Crippen LogP contribution is -2.39. The summed E-state index contributed by atoms with van der Waals surface area (Å²) in [7, 11) is 0. The number of nitrogens with one attached hydrogen (secondary N) is 1. The number of carbonyl (C=O) groups is 2. The normalized spacial score (nSPS) is 19.9. The van der Waals surface area contributed by atoms with Crippen molar-refractivity contribution in [3.05, 3.63) is 29.5 Å². The molecule has 5 nitrogen and oxygen atoms in total. The molecule has 0 aliphatic carbocycles. The van der Waals surface area contributed by atoms with E-state index in [9.17, 15) is 9.59 Å². The quantitative estimate of drug-likeness (QED) is 0.818. The third kappa shape index (κ3) is 2.44. The molecule has 1 N–H and O–H groups in total. The Labute approximate surface area is 122 Å². The van der Waals surface area contributed by atoms with Crippen molar-refractivity contribution in [3.63, 3.8) is 0 Å². The van der Waals surface area contributed by atoms with Crippen LogP contribution in [0.5, 0.6) is 0 Å². The van der Waals surface area contributed by atoms with Crippen molar-refractivity contribution in [2.24, 2.45) is 0 Å². The minimum atomic E-state index is -0.413. The molecule has 110 valence electrons. The van der Waals surface area contributed by atoms with E-state index in [1.165, 1.54) is 0 Å². The van der Waals surface area contributed by atoms with Crippen LogP contribution in [-0.4, -0.2) is 17.0 Å². The smallest absolute Gasteiger partial charge is 0.235 e. The van der Waals surface area contributed by atoms with Crippen LogP contribution in [0.3, 0.4) is 0 Å². The summed E-state index contributed by atoms with van der Waals surface area (Å²) in [4.78, 5) is 23.2. The van der Waals surface area contributed by atoms with E-state index in [0.29, 0.717) is 24.1 Å². The van der Waals surface area contributed by atoms with Gasteiger partial charge in [0.1, 0.15) is 5.69 Å². The van der Waals surface area contributed by atoms with E-state index in [4.69, 9.17) is 4.52 Å². The lowest BCUT2D eigenvalue weighted by Gasteiger charge is -2.19. The highest BCUT2D eigenvalue weighted by Gasteiger charge is 2.32. The van der Waals surface area contributed by atoms with Gasteiger partial charge in [-0.25, -0.2) is 0 Å². The predicted octanol–water partition coefficient (Wildman–Crippen LogP) is 2.65. The van der Waals surface area contributed by atoms with Gasteiger partial charge in [-0.1, -0.05) is 32.0 Å². The number of imide groups is 1. The van der Waals surface area contributed by atoms with Gasteiger partial charge in [0.15, 0.2) is 5.58 Å². The van der Waals surface area contributed by atoms with Gasteiger partial charge in [0.05, 0.1) is 5.92 Å². The van der Waals surface area contributed by atoms with Crippen molar-refractivity contribution in [1.82, 2.24) is 10.5 Å². The van der Waals surface area contributed by atoms with Crippen LogP contribution < -0.4 is 5.32 Å². The molecule has 1 aromatic carbocycles. The molecule has 0 bridgehead atoms. The summed E-state index contributed by atoms with van der Waals surface area (Å²) in [5.74, 6) is -0.926. The maximum atomic E-state index is 12.0. The second kappa shape index (κ2) is 4.69.